The van der Waals surface area contributed by atoms with E-state index in [0.29, 0.717) is 0 Å². The smallest absolute Gasteiger partial charge is 0.387 e. The van der Waals surface area contributed by atoms with Crippen molar-refractivity contribution in [2.75, 3.05) is 35.8 Å². The molecule has 0 atom stereocenters. The highest BCUT2D eigenvalue weighted by Crippen LogP contribution is 2.32. The molecule has 0 spiro atoms. The van der Waals surface area contributed by atoms with Crippen LogP contribution in [-0.4, -0.2) is 41.2 Å². The number of nitrogens with zero attached hydrogens (tertiary/aromatic N) is 1. The topological polar surface area (TPSA) is 70.7 Å². The van der Waals surface area contributed by atoms with Crippen molar-refractivity contribution in [1.29, 1.82) is 0 Å². The summed E-state index contributed by atoms with van der Waals surface area (Å²) in [5.74, 6) is -0.308. The lowest BCUT2D eigenvalue weighted by atomic mass is 10.1. The third-order valence-corrected chi connectivity index (χ3v) is 5.95. The van der Waals surface area contributed by atoms with E-state index in [1.54, 1.807) is 12.1 Å². The highest BCUT2D eigenvalue weighted by atomic mass is 35.5. The van der Waals surface area contributed by atoms with Gasteiger partial charge < -0.3 is 15.0 Å². The van der Waals surface area contributed by atoms with Crippen LogP contribution in [-0.2, 0) is 10.0 Å². The molecule has 0 unspecified atom stereocenters. The second-order valence-electron chi connectivity index (χ2n) is 6.31. The quantitative estimate of drug-likeness (QED) is 0.674. The number of sulfonamides is 1. The zero-order chi connectivity index (χ0) is 20.3. The molecule has 29 heavy (non-hydrogen) atoms. The first-order chi connectivity index (χ1) is 13.3. The number of alkyl halides is 2. The fraction of sp³-hybridized carbons (Fsp3) is 0.333. The number of anilines is 2. The van der Waals surface area contributed by atoms with Crippen LogP contribution in [0.25, 0.3) is 0 Å². The van der Waals surface area contributed by atoms with Gasteiger partial charge >= 0.3 is 6.61 Å². The summed E-state index contributed by atoms with van der Waals surface area (Å²) in [6, 6.07) is 8.53. The molecule has 0 saturated carbocycles. The third-order valence-electron chi connectivity index (χ3n) is 4.35. The lowest BCUT2D eigenvalue weighted by Gasteiger charge is -2.31. The SMILES string of the molecule is Cc1ccc(S(=O)(=O)Nc2cc(Cl)ccc2OC(F)F)cc1N1CCNCC1.Cl. The van der Waals surface area contributed by atoms with Gasteiger partial charge in [-0.05, 0) is 42.8 Å². The molecule has 6 nitrogen and oxygen atoms in total. The van der Waals surface area contributed by atoms with Crippen molar-refractivity contribution in [2.45, 2.75) is 18.4 Å². The first-order valence-corrected chi connectivity index (χ1v) is 10.5. The second kappa shape index (κ2) is 9.80. The number of nitrogens with one attached hydrogen (secondary N) is 2. The summed E-state index contributed by atoms with van der Waals surface area (Å²) in [5, 5.41) is 3.43. The van der Waals surface area contributed by atoms with E-state index < -0.39 is 16.6 Å². The minimum atomic E-state index is -4.04. The molecule has 0 amide bonds. The van der Waals surface area contributed by atoms with Crippen LogP contribution in [0.5, 0.6) is 5.75 Å². The minimum absolute atomic E-state index is 0. The molecule has 0 aromatic heterocycles. The average molecular weight is 468 g/mol. The van der Waals surface area contributed by atoms with Crippen LogP contribution in [0.4, 0.5) is 20.2 Å². The number of aryl methyl sites for hydroxylation is 1. The summed E-state index contributed by atoms with van der Waals surface area (Å²) in [5.41, 5.74) is 1.61. The van der Waals surface area contributed by atoms with Crippen molar-refractivity contribution in [3.63, 3.8) is 0 Å². The molecule has 1 aliphatic rings. The van der Waals surface area contributed by atoms with Gasteiger partial charge in [-0.15, -0.1) is 12.4 Å². The molecule has 0 aliphatic carbocycles. The minimum Gasteiger partial charge on any atom is -0.433 e. The standard InChI is InChI=1S/C18H20ClF2N3O3S.ClH/c1-12-2-4-14(11-16(12)24-8-6-22-7-9-24)28(25,26)23-15-10-13(19)3-5-17(15)27-18(20)21;/h2-5,10-11,18,22-23H,6-9H2,1H3;1H. The van der Waals surface area contributed by atoms with E-state index in [1.807, 2.05) is 6.92 Å². The van der Waals surface area contributed by atoms with Gasteiger partial charge in [0.1, 0.15) is 5.75 Å². The van der Waals surface area contributed by atoms with Crippen LogP contribution in [0.1, 0.15) is 5.56 Å². The Kier molecular flexibility index (Phi) is 7.93. The van der Waals surface area contributed by atoms with E-state index in [9.17, 15) is 17.2 Å². The van der Waals surface area contributed by atoms with Crippen LogP contribution in [0.3, 0.4) is 0 Å². The molecule has 160 valence electrons. The summed E-state index contributed by atoms with van der Waals surface area (Å²) < 4.78 is 57.7. The molecule has 1 saturated heterocycles. The zero-order valence-corrected chi connectivity index (χ0v) is 17.9. The first-order valence-electron chi connectivity index (χ1n) is 8.60. The Balaban J connectivity index is 0.00000300. The van der Waals surface area contributed by atoms with Gasteiger partial charge in [0.2, 0.25) is 0 Å². The van der Waals surface area contributed by atoms with Gasteiger partial charge in [0, 0.05) is 36.9 Å². The summed E-state index contributed by atoms with van der Waals surface area (Å²) in [6.45, 7) is 1.96. The van der Waals surface area contributed by atoms with Gasteiger partial charge in [-0.2, -0.15) is 8.78 Å². The van der Waals surface area contributed by atoms with Crippen molar-refractivity contribution >= 4 is 45.4 Å². The Labute approximate surface area is 179 Å². The van der Waals surface area contributed by atoms with E-state index >= 15 is 0 Å². The van der Waals surface area contributed by atoms with Crippen LogP contribution in [0.2, 0.25) is 5.02 Å². The Morgan fingerprint density at radius 2 is 1.86 bits per heavy atom. The number of hydrogen-bond acceptors (Lipinski definition) is 5. The normalized spacial score (nSPS) is 14.4. The van der Waals surface area contributed by atoms with Gasteiger partial charge in [0.15, 0.2) is 0 Å². The molecule has 11 heteroatoms. The van der Waals surface area contributed by atoms with Gasteiger partial charge in [0.25, 0.3) is 10.0 Å². The maximum absolute atomic E-state index is 12.9. The number of benzene rings is 2. The second-order valence-corrected chi connectivity index (χ2v) is 8.43. The molecule has 2 N–H and O–H groups in total. The molecule has 3 rings (SSSR count). The maximum atomic E-state index is 12.9. The average Bonchev–Trinajstić information content (AvgIpc) is 2.64. The molecule has 0 radical (unpaired) electrons. The summed E-state index contributed by atoms with van der Waals surface area (Å²) >= 11 is 5.89. The highest BCUT2D eigenvalue weighted by molar-refractivity contribution is 7.92. The Morgan fingerprint density at radius 1 is 1.17 bits per heavy atom. The van der Waals surface area contributed by atoms with Crippen LogP contribution >= 0.6 is 24.0 Å². The molecule has 1 aliphatic heterocycles. The van der Waals surface area contributed by atoms with E-state index in [2.05, 4.69) is 19.7 Å². The number of piperazine rings is 1. The predicted octanol–water partition coefficient (Wildman–Crippen LogP) is 3.88. The Hall–Kier alpha value is -1.81. The Bertz CT molecular complexity index is 955. The van der Waals surface area contributed by atoms with E-state index in [0.717, 1.165) is 37.4 Å². The van der Waals surface area contributed by atoms with Crippen LogP contribution in [0, 0.1) is 6.92 Å². The van der Waals surface area contributed by atoms with E-state index in [-0.39, 0.29) is 33.8 Å². The number of halogens is 4. The predicted molar refractivity (Wildman–Crippen MR) is 112 cm³/mol. The van der Waals surface area contributed by atoms with Crippen LogP contribution < -0.4 is 19.7 Å². The summed E-state index contributed by atoms with van der Waals surface area (Å²) in [7, 11) is -4.04. The fourth-order valence-electron chi connectivity index (χ4n) is 2.99. The van der Waals surface area contributed by atoms with Crippen molar-refractivity contribution < 1.29 is 21.9 Å². The zero-order valence-electron chi connectivity index (χ0n) is 15.5. The lowest BCUT2D eigenvalue weighted by Crippen LogP contribution is -2.43. The highest BCUT2D eigenvalue weighted by Gasteiger charge is 2.21. The molecule has 0 bridgehead atoms. The molecular weight excluding hydrogens is 447 g/mol. The van der Waals surface area contributed by atoms with Gasteiger partial charge in [0.05, 0.1) is 10.6 Å². The monoisotopic (exact) mass is 467 g/mol. The van der Waals surface area contributed by atoms with Crippen molar-refractivity contribution in [1.82, 2.24) is 5.32 Å². The molecule has 2 aromatic carbocycles. The maximum Gasteiger partial charge on any atom is 0.387 e. The molecule has 1 fully saturated rings. The van der Waals surface area contributed by atoms with Crippen molar-refractivity contribution in [2.24, 2.45) is 0 Å². The lowest BCUT2D eigenvalue weighted by molar-refractivity contribution is -0.0493. The van der Waals surface area contributed by atoms with E-state index in [4.69, 9.17) is 11.6 Å². The van der Waals surface area contributed by atoms with Crippen molar-refractivity contribution in [3.05, 3.63) is 47.0 Å². The fourth-order valence-corrected chi connectivity index (χ4v) is 4.24. The van der Waals surface area contributed by atoms with Crippen LogP contribution in [0.15, 0.2) is 41.3 Å². The van der Waals surface area contributed by atoms with E-state index in [1.165, 1.54) is 24.3 Å². The number of hydrogen-bond donors (Lipinski definition) is 2. The number of ether oxygens (including phenoxy) is 1. The van der Waals surface area contributed by atoms with Gasteiger partial charge in [-0.1, -0.05) is 17.7 Å². The third kappa shape index (κ3) is 5.85. The number of rotatable bonds is 6. The van der Waals surface area contributed by atoms with Crippen molar-refractivity contribution in [3.8, 4) is 5.75 Å². The molecule has 1 heterocycles. The molecule has 2 aromatic rings. The largest absolute Gasteiger partial charge is 0.433 e. The first kappa shape index (κ1) is 23.5. The molecular formula is C18H21Cl2F2N3O3S. The van der Waals surface area contributed by atoms with Gasteiger partial charge in [-0.3, -0.25) is 4.72 Å². The van der Waals surface area contributed by atoms with Gasteiger partial charge in [-0.25, -0.2) is 8.42 Å². The summed E-state index contributed by atoms with van der Waals surface area (Å²) in [6.07, 6.45) is 0. The Morgan fingerprint density at radius 3 is 2.52 bits per heavy atom. The summed E-state index contributed by atoms with van der Waals surface area (Å²) in [4.78, 5) is 2.13.